The fourth-order valence-electron chi connectivity index (χ4n) is 3.56. The van der Waals surface area contributed by atoms with Crippen LogP contribution in [-0.4, -0.2) is 50.8 Å². The Labute approximate surface area is 209 Å². The molecule has 1 aromatic heterocycles. The molecule has 0 spiro atoms. The number of benzene rings is 3. The van der Waals surface area contributed by atoms with E-state index in [1.807, 2.05) is 97.3 Å². The second-order valence-electron chi connectivity index (χ2n) is 8.18. The second-order valence-corrected chi connectivity index (χ2v) is 9.12. The fourth-order valence-corrected chi connectivity index (χ4v) is 4.46. The lowest BCUT2D eigenvalue weighted by atomic mass is 10.1. The van der Waals surface area contributed by atoms with Crippen molar-refractivity contribution in [1.29, 1.82) is 0 Å². The Kier molecular flexibility index (Phi) is 7.62. The van der Waals surface area contributed by atoms with E-state index in [9.17, 15) is 9.59 Å². The van der Waals surface area contributed by atoms with E-state index in [-0.39, 0.29) is 24.1 Å². The van der Waals surface area contributed by atoms with Crippen molar-refractivity contribution >= 4 is 29.3 Å². The van der Waals surface area contributed by atoms with Crippen LogP contribution in [0.2, 0.25) is 0 Å². The van der Waals surface area contributed by atoms with Gasteiger partial charge in [-0.3, -0.25) is 14.2 Å². The fraction of sp³-hybridized carbons (Fsp3) is 0.185. The molecule has 1 N–H and O–H groups in total. The van der Waals surface area contributed by atoms with Crippen molar-refractivity contribution in [3.8, 4) is 17.1 Å². The Balaban J connectivity index is 1.44. The summed E-state index contributed by atoms with van der Waals surface area (Å²) in [5.41, 5.74) is 4.71. The summed E-state index contributed by atoms with van der Waals surface area (Å²) in [6, 6.07) is 25.4. The molecular weight excluding hydrogens is 458 g/mol. The molecule has 0 aliphatic heterocycles. The monoisotopic (exact) mass is 485 g/mol. The molecule has 0 atom stereocenters. The maximum Gasteiger partial charge on any atom is 0.243 e. The maximum absolute atomic E-state index is 12.8. The highest BCUT2D eigenvalue weighted by atomic mass is 32.2. The summed E-state index contributed by atoms with van der Waals surface area (Å²) < 4.78 is 1.94. The van der Waals surface area contributed by atoms with Crippen molar-refractivity contribution in [3.05, 3.63) is 90.0 Å². The smallest absolute Gasteiger partial charge is 0.243 e. The van der Waals surface area contributed by atoms with Crippen LogP contribution in [0.1, 0.15) is 11.1 Å². The summed E-state index contributed by atoms with van der Waals surface area (Å²) in [7, 11) is 1.63. The summed E-state index contributed by atoms with van der Waals surface area (Å²) in [5, 5.41) is 12.3. The third kappa shape index (κ3) is 5.78. The normalized spacial score (nSPS) is 10.7. The van der Waals surface area contributed by atoms with Crippen molar-refractivity contribution in [3.63, 3.8) is 0 Å². The molecule has 7 nitrogen and oxygen atoms in total. The van der Waals surface area contributed by atoms with E-state index in [2.05, 4.69) is 15.5 Å². The SMILES string of the molecule is Cc1cccc(NC(=O)CN(C)C(=O)CSc2nnc(-c3ccccc3)n2-c2ccccc2)c1C. The number of para-hydroxylation sites is 1. The van der Waals surface area contributed by atoms with E-state index in [1.165, 1.54) is 16.7 Å². The molecule has 0 unspecified atom stereocenters. The largest absolute Gasteiger partial charge is 0.336 e. The molecule has 0 saturated carbocycles. The number of hydrogen-bond acceptors (Lipinski definition) is 5. The van der Waals surface area contributed by atoms with Crippen LogP contribution in [0.15, 0.2) is 84.0 Å². The molecule has 8 heteroatoms. The van der Waals surface area contributed by atoms with E-state index >= 15 is 0 Å². The van der Waals surface area contributed by atoms with Crippen LogP contribution in [0.4, 0.5) is 5.69 Å². The first-order chi connectivity index (χ1) is 16.9. The summed E-state index contributed by atoms with van der Waals surface area (Å²) >= 11 is 1.30. The van der Waals surface area contributed by atoms with Gasteiger partial charge in [-0.05, 0) is 43.2 Å². The van der Waals surface area contributed by atoms with Crippen LogP contribution in [0.5, 0.6) is 0 Å². The number of likely N-dealkylation sites (N-methyl/N-ethyl adjacent to an activating group) is 1. The van der Waals surface area contributed by atoms with Crippen molar-refractivity contribution in [2.24, 2.45) is 0 Å². The van der Waals surface area contributed by atoms with E-state index in [0.717, 1.165) is 28.1 Å². The molecule has 178 valence electrons. The number of nitrogens with one attached hydrogen (secondary N) is 1. The minimum Gasteiger partial charge on any atom is -0.336 e. The molecule has 0 saturated heterocycles. The molecule has 0 fully saturated rings. The van der Waals surface area contributed by atoms with E-state index in [4.69, 9.17) is 0 Å². The minimum atomic E-state index is -0.238. The van der Waals surface area contributed by atoms with Crippen molar-refractivity contribution in [2.45, 2.75) is 19.0 Å². The zero-order valence-corrected chi connectivity index (χ0v) is 20.7. The number of carbonyl (C=O) groups is 2. The van der Waals surface area contributed by atoms with Gasteiger partial charge >= 0.3 is 0 Å². The predicted octanol–water partition coefficient (Wildman–Crippen LogP) is 4.74. The van der Waals surface area contributed by atoms with Gasteiger partial charge in [0.2, 0.25) is 11.8 Å². The number of aromatic nitrogens is 3. The molecule has 4 aromatic rings. The lowest BCUT2D eigenvalue weighted by molar-refractivity contribution is -0.131. The van der Waals surface area contributed by atoms with Crippen molar-refractivity contribution in [2.75, 3.05) is 24.7 Å². The molecule has 0 aliphatic carbocycles. The Morgan fingerprint density at radius 1 is 0.914 bits per heavy atom. The quantitative estimate of drug-likeness (QED) is 0.365. The van der Waals surface area contributed by atoms with E-state index < -0.39 is 0 Å². The number of rotatable bonds is 8. The van der Waals surface area contributed by atoms with Gasteiger partial charge in [-0.2, -0.15) is 0 Å². The first-order valence-electron chi connectivity index (χ1n) is 11.2. The van der Waals surface area contributed by atoms with Crippen LogP contribution < -0.4 is 5.32 Å². The Morgan fingerprint density at radius 2 is 1.60 bits per heavy atom. The molecule has 0 bridgehead atoms. The predicted molar refractivity (Wildman–Crippen MR) is 140 cm³/mol. The van der Waals surface area contributed by atoms with Gasteiger partial charge in [0.1, 0.15) is 0 Å². The van der Waals surface area contributed by atoms with E-state index in [1.54, 1.807) is 7.05 Å². The molecule has 0 radical (unpaired) electrons. The third-order valence-corrected chi connectivity index (χ3v) is 6.60. The van der Waals surface area contributed by atoms with Gasteiger partial charge in [-0.15, -0.1) is 10.2 Å². The number of anilines is 1. The second kappa shape index (κ2) is 11.0. The maximum atomic E-state index is 12.8. The highest BCUT2D eigenvalue weighted by Gasteiger charge is 2.19. The van der Waals surface area contributed by atoms with Gasteiger partial charge in [0.25, 0.3) is 0 Å². The van der Waals surface area contributed by atoms with Gasteiger partial charge in [0.05, 0.1) is 12.3 Å². The van der Waals surface area contributed by atoms with Gasteiger partial charge in [0.15, 0.2) is 11.0 Å². The summed E-state index contributed by atoms with van der Waals surface area (Å²) in [4.78, 5) is 26.8. The lowest BCUT2D eigenvalue weighted by Gasteiger charge is -2.17. The number of aryl methyl sites for hydroxylation is 1. The van der Waals surface area contributed by atoms with Crippen LogP contribution in [0, 0.1) is 13.8 Å². The van der Waals surface area contributed by atoms with Crippen molar-refractivity contribution < 1.29 is 9.59 Å². The summed E-state index contributed by atoms with van der Waals surface area (Å²) in [6.07, 6.45) is 0. The Morgan fingerprint density at radius 3 is 2.31 bits per heavy atom. The molecule has 35 heavy (non-hydrogen) atoms. The van der Waals surface area contributed by atoms with Crippen LogP contribution in [0.25, 0.3) is 17.1 Å². The average Bonchev–Trinajstić information content (AvgIpc) is 3.30. The van der Waals surface area contributed by atoms with Gasteiger partial charge in [-0.25, -0.2) is 0 Å². The number of carbonyl (C=O) groups excluding carboxylic acids is 2. The Bertz CT molecular complexity index is 1320. The number of thioether (sulfide) groups is 1. The number of hydrogen-bond donors (Lipinski definition) is 1. The first-order valence-corrected chi connectivity index (χ1v) is 12.2. The van der Waals surface area contributed by atoms with Crippen LogP contribution in [-0.2, 0) is 9.59 Å². The molecule has 1 heterocycles. The topological polar surface area (TPSA) is 80.1 Å². The first kappa shape index (κ1) is 24.2. The molecular formula is C27H27N5O2S. The number of amides is 2. The average molecular weight is 486 g/mol. The molecule has 0 aliphatic rings. The zero-order valence-electron chi connectivity index (χ0n) is 19.9. The minimum absolute atomic E-state index is 0.0343. The third-order valence-electron chi connectivity index (χ3n) is 5.69. The molecule has 2 amide bonds. The number of nitrogens with zero attached hydrogens (tertiary/aromatic N) is 4. The highest BCUT2D eigenvalue weighted by molar-refractivity contribution is 7.99. The summed E-state index contributed by atoms with van der Waals surface area (Å²) in [6.45, 7) is 3.92. The van der Waals surface area contributed by atoms with Gasteiger partial charge in [-0.1, -0.05) is 72.4 Å². The summed E-state index contributed by atoms with van der Waals surface area (Å²) in [5.74, 6) is 0.425. The highest BCUT2D eigenvalue weighted by Crippen LogP contribution is 2.28. The van der Waals surface area contributed by atoms with Gasteiger partial charge < -0.3 is 10.2 Å². The zero-order chi connectivity index (χ0) is 24.8. The standard InChI is InChI=1S/C27H27N5O2S/c1-19-11-10-16-23(20(19)2)28-24(33)17-31(3)25(34)18-35-27-30-29-26(21-12-6-4-7-13-21)32(27)22-14-8-5-9-15-22/h4-16H,17-18H2,1-3H3,(H,28,33). The van der Waals surface area contributed by atoms with Crippen molar-refractivity contribution in [1.82, 2.24) is 19.7 Å². The van der Waals surface area contributed by atoms with E-state index in [0.29, 0.717) is 11.0 Å². The molecule has 4 rings (SSSR count). The molecule has 3 aromatic carbocycles. The van der Waals surface area contributed by atoms with Crippen LogP contribution >= 0.6 is 11.8 Å². The van der Waals surface area contributed by atoms with Crippen LogP contribution in [0.3, 0.4) is 0 Å². The Hall–Kier alpha value is -3.91. The lowest BCUT2D eigenvalue weighted by Crippen LogP contribution is -2.36. The van der Waals surface area contributed by atoms with Gasteiger partial charge in [0, 0.05) is 24.0 Å².